The number of ether oxygens (including phenoxy) is 1. The maximum atomic E-state index is 11.4. The summed E-state index contributed by atoms with van der Waals surface area (Å²) in [5.74, 6) is -0.914. The smallest absolute Gasteiger partial charge is 0.333 e. The zero-order chi connectivity index (χ0) is 24.9. The van der Waals surface area contributed by atoms with Gasteiger partial charge in [0.15, 0.2) is 6.10 Å². The highest BCUT2D eigenvalue weighted by molar-refractivity contribution is 6.09. The third kappa shape index (κ3) is 5.05. The van der Waals surface area contributed by atoms with Gasteiger partial charge in [0.2, 0.25) is 0 Å². The molecule has 0 fully saturated rings. The lowest BCUT2D eigenvalue weighted by Crippen LogP contribution is -2.26. The van der Waals surface area contributed by atoms with Crippen molar-refractivity contribution in [1.29, 1.82) is 0 Å². The molecule has 0 saturated carbocycles. The Labute approximate surface area is 211 Å². The van der Waals surface area contributed by atoms with E-state index in [0.29, 0.717) is 13.0 Å². The fourth-order valence-electron chi connectivity index (χ4n) is 5.02. The minimum atomic E-state index is -0.914. The van der Waals surface area contributed by atoms with Gasteiger partial charge in [0.05, 0.1) is 0 Å². The van der Waals surface area contributed by atoms with E-state index in [1.165, 1.54) is 38.5 Å². The summed E-state index contributed by atoms with van der Waals surface area (Å²) in [4.78, 5) is 11.4. The molecule has 0 aliphatic rings. The predicted molar refractivity (Wildman–Crippen MR) is 146 cm³/mol. The zero-order valence-corrected chi connectivity index (χ0v) is 20.6. The molecule has 0 bridgehead atoms. The molecule has 0 radical (unpaired) electrons. The van der Waals surface area contributed by atoms with Gasteiger partial charge in [0.1, 0.15) is 0 Å². The Hall–Kier alpha value is -3.89. The molecule has 0 amide bonds. The second-order valence-corrected chi connectivity index (χ2v) is 9.17. The monoisotopic (exact) mass is 477 g/mol. The van der Waals surface area contributed by atoms with E-state index in [9.17, 15) is 9.90 Å². The van der Waals surface area contributed by atoms with Crippen molar-refractivity contribution in [2.45, 2.75) is 38.8 Å². The fraction of sp³-hybridized carbons (Fsp3) is 0.219. The maximum absolute atomic E-state index is 11.4. The zero-order valence-electron chi connectivity index (χ0n) is 20.6. The topological polar surface area (TPSA) is 51.5 Å². The average molecular weight is 478 g/mol. The molecule has 0 spiro atoms. The highest BCUT2D eigenvalue weighted by atomic mass is 16.5. The number of benzene rings is 4. The highest BCUT2D eigenvalue weighted by Gasteiger charge is 2.18. The SMILES string of the molecule is CCO[C@@H](Cc1ccc(CCCn2c3ccccc3c3cc(-c4ccccc4)ccc32)cc1)C(=O)O. The van der Waals surface area contributed by atoms with Gasteiger partial charge in [0, 0.05) is 41.4 Å². The molecule has 4 nitrogen and oxygen atoms in total. The molecule has 4 aromatic carbocycles. The van der Waals surface area contributed by atoms with Gasteiger partial charge in [-0.05, 0) is 60.2 Å². The van der Waals surface area contributed by atoms with E-state index in [-0.39, 0.29) is 0 Å². The van der Waals surface area contributed by atoms with Crippen molar-refractivity contribution < 1.29 is 14.6 Å². The lowest BCUT2D eigenvalue weighted by atomic mass is 10.0. The molecule has 0 aliphatic heterocycles. The molecule has 182 valence electrons. The summed E-state index contributed by atoms with van der Waals surface area (Å²) in [7, 11) is 0. The molecule has 36 heavy (non-hydrogen) atoms. The van der Waals surface area contributed by atoms with Crippen molar-refractivity contribution >= 4 is 27.8 Å². The van der Waals surface area contributed by atoms with Crippen LogP contribution in [-0.2, 0) is 28.9 Å². The Morgan fingerprint density at radius 3 is 2.25 bits per heavy atom. The van der Waals surface area contributed by atoms with E-state index in [4.69, 9.17) is 4.74 Å². The summed E-state index contributed by atoms with van der Waals surface area (Å²) in [5, 5.41) is 11.9. The van der Waals surface area contributed by atoms with Gasteiger partial charge in [-0.2, -0.15) is 0 Å². The number of aromatic nitrogens is 1. The Morgan fingerprint density at radius 2 is 1.50 bits per heavy atom. The number of aliphatic carboxylic acids is 1. The third-order valence-corrected chi connectivity index (χ3v) is 6.81. The molecule has 1 atom stereocenters. The molecule has 1 heterocycles. The van der Waals surface area contributed by atoms with Crippen LogP contribution in [0.3, 0.4) is 0 Å². The van der Waals surface area contributed by atoms with E-state index in [1.807, 2.05) is 19.1 Å². The van der Waals surface area contributed by atoms with Crippen molar-refractivity contribution in [2.75, 3.05) is 6.61 Å². The van der Waals surface area contributed by atoms with Crippen LogP contribution in [0.15, 0.2) is 97.1 Å². The van der Waals surface area contributed by atoms with Crippen molar-refractivity contribution in [3.8, 4) is 11.1 Å². The van der Waals surface area contributed by atoms with Gasteiger partial charge in [-0.25, -0.2) is 4.79 Å². The largest absolute Gasteiger partial charge is 0.479 e. The lowest BCUT2D eigenvalue weighted by Gasteiger charge is -2.13. The standard InChI is InChI=1S/C32H31NO3/c1-2-36-31(32(34)35)21-24-16-14-23(15-17-24)9-8-20-33-29-13-7-6-12-27(29)28-22-26(18-19-30(28)33)25-10-4-3-5-11-25/h3-7,10-19,22,31H,2,8-9,20-21H2,1H3,(H,34,35)/t31-/m0/s1. The molecule has 0 aliphatic carbocycles. The van der Waals surface area contributed by atoms with Crippen LogP contribution in [0.4, 0.5) is 0 Å². The predicted octanol–water partition coefficient (Wildman–Crippen LogP) is 7.13. The summed E-state index contributed by atoms with van der Waals surface area (Å²) >= 11 is 0. The average Bonchev–Trinajstić information content (AvgIpc) is 3.23. The molecule has 1 N–H and O–H groups in total. The van der Waals surface area contributed by atoms with Crippen LogP contribution >= 0.6 is 0 Å². The molecule has 4 heteroatoms. The van der Waals surface area contributed by atoms with Crippen LogP contribution in [0.2, 0.25) is 0 Å². The molecule has 5 aromatic rings. The minimum Gasteiger partial charge on any atom is -0.479 e. The number of fused-ring (bicyclic) bond motifs is 3. The van der Waals surface area contributed by atoms with Gasteiger partial charge in [0.25, 0.3) is 0 Å². The van der Waals surface area contributed by atoms with Gasteiger partial charge in [-0.15, -0.1) is 0 Å². The molecule has 5 rings (SSSR count). The molecule has 0 saturated heterocycles. The van der Waals surface area contributed by atoms with Crippen LogP contribution in [0, 0.1) is 0 Å². The Bertz CT molecular complexity index is 1470. The van der Waals surface area contributed by atoms with E-state index < -0.39 is 12.1 Å². The van der Waals surface area contributed by atoms with E-state index in [1.54, 1.807) is 0 Å². The first-order valence-corrected chi connectivity index (χ1v) is 12.6. The first-order chi connectivity index (χ1) is 17.6. The molecule has 0 unspecified atom stereocenters. The van der Waals surface area contributed by atoms with Crippen LogP contribution < -0.4 is 0 Å². The van der Waals surface area contributed by atoms with Gasteiger partial charge in [-0.3, -0.25) is 0 Å². The van der Waals surface area contributed by atoms with Crippen LogP contribution in [0.5, 0.6) is 0 Å². The van der Waals surface area contributed by atoms with Crippen molar-refractivity contribution in [3.05, 3.63) is 108 Å². The van der Waals surface area contributed by atoms with Gasteiger partial charge < -0.3 is 14.4 Å². The normalized spacial score (nSPS) is 12.2. The number of para-hydroxylation sites is 1. The van der Waals surface area contributed by atoms with Crippen LogP contribution in [0.1, 0.15) is 24.5 Å². The van der Waals surface area contributed by atoms with Crippen LogP contribution in [-0.4, -0.2) is 28.4 Å². The summed E-state index contributed by atoms with van der Waals surface area (Å²) in [6, 6.07) is 34.2. The van der Waals surface area contributed by atoms with Crippen molar-refractivity contribution in [1.82, 2.24) is 4.57 Å². The van der Waals surface area contributed by atoms with E-state index in [2.05, 4.69) is 89.5 Å². The maximum Gasteiger partial charge on any atom is 0.333 e. The van der Waals surface area contributed by atoms with Crippen molar-refractivity contribution in [2.24, 2.45) is 0 Å². The molecular formula is C32H31NO3. The Morgan fingerprint density at radius 1 is 0.806 bits per heavy atom. The minimum absolute atomic E-state index is 0.385. The quantitative estimate of drug-likeness (QED) is 0.233. The summed E-state index contributed by atoms with van der Waals surface area (Å²) in [6.45, 7) is 3.14. The Balaban J connectivity index is 1.32. The lowest BCUT2D eigenvalue weighted by molar-refractivity contribution is -0.149. The molecular weight excluding hydrogens is 446 g/mol. The van der Waals surface area contributed by atoms with E-state index >= 15 is 0 Å². The number of carbonyl (C=O) groups is 1. The first-order valence-electron chi connectivity index (χ1n) is 12.6. The Kier molecular flexibility index (Phi) is 7.15. The molecule has 1 aromatic heterocycles. The number of hydrogen-bond acceptors (Lipinski definition) is 2. The number of hydrogen-bond donors (Lipinski definition) is 1. The fourth-order valence-corrected chi connectivity index (χ4v) is 5.02. The summed E-state index contributed by atoms with van der Waals surface area (Å²) in [5.41, 5.74) is 7.24. The van der Waals surface area contributed by atoms with Crippen molar-refractivity contribution in [3.63, 3.8) is 0 Å². The number of rotatable bonds is 10. The summed E-state index contributed by atoms with van der Waals surface area (Å²) < 4.78 is 7.78. The first kappa shape index (κ1) is 23.8. The number of nitrogens with zero attached hydrogens (tertiary/aromatic N) is 1. The third-order valence-electron chi connectivity index (χ3n) is 6.81. The second-order valence-electron chi connectivity index (χ2n) is 9.17. The van der Waals surface area contributed by atoms with E-state index in [0.717, 1.165) is 24.9 Å². The second kappa shape index (κ2) is 10.8. The van der Waals surface area contributed by atoms with Gasteiger partial charge in [-0.1, -0.05) is 78.9 Å². The number of carboxylic acid groups (broad SMARTS) is 1. The number of aryl methyl sites for hydroxylation is 2. The number of carboxylic acids is 1. The van der Waals surface area contributed by atoms with Gasteiger partial charge >= 0.3 is 5.97 Å². The highest BCUT2D eigenvalue weighted by Crippen LogP contribution is 2.33. The summed E-state index contributed by atoms with van der Waals surface area (Å²) in [6.07, 6.45) is 1.57. The van der Waals surface area contributed by atoms with Crippen LogP contribution in [0.25, 0.3) is 32.9 Å².